The zero-order chi connectivity index (χ0) is 13.4. The molecule has 1 saturated carbocycles. The van der Waals surface area contributed by atoms with E-state index >= 15 is 0 Å². The number of aliphatic hydroxyl groups excluding tert-OH is 1. The van der Waals surface area contributed by atoms with E-state index in [9.17, 15) is 14.7 Å². The molecule has 18 heavy (non-hydrogen) atoms. The molecule has 0 aromatic carbocycles. The molecule has 2 fully saturated rings. The maximum absolute atomic E-state index is 12.3. The molecule has 2 aliphatic rings. The van der Waals surface area contributed by atoms with Crippen molar-refractivity contribution >= 4 is 11.8 Å². The van der Waals surface area contributed by atoms with Crippen molar-refractivity contribution in [2.75, 3.05) is 6.61 Å². The van der Waals surface area contributed by atoms with E-state index in [1.54, 1.807) is 13.8 Å². The molecular weight excluding hydrogens is 230 g/mol. The van der Waals surface area contributed by atoms with Crippen molar-refractivity contribution in [2.24, 2.45) is 5.41 Å². The number of nitrogens with zero attached hydrogens (tertiary/aromatic N) is 1. The minimum absolute atomic E-state index is 0.0749. The number of piperidine rings is 1. The summed E-state index contributed by atoms with van der Waals surface area (Å²) < 4.78 is 0. The summed E-state index contributed by atoms with van der Waals surface area (Å²) in [7, 11) is 0. The number of hydrogen-bond donors (Lipinski definition) is 1. The van der Waals surface area contributed by atoms with Crippen molar-refractivity contribution in [3.05, 3.63) is 0 Å². The van der Waals surface area contributed by atoms with Crippen LogP contribution in [-0.2, 0) is 9.59 Å². The lowest BCUT2D eigenvalue weighted by atomic mass is 9.67. The van der Waals surface area contributed by atoms with E-state index in [2.05, 4.69) is 0 Å². The third kappa shape index (κ3) is 2.30. The molecule has 1 spiro atoms. The summed E-state index contributed by atoms with van der Waals surface area (Å²) in [5.74, 6) is -0.209. The van der Waals surface area contributed by atoms with Crippen molar-refractivity contribution in [2.45, 2.75) is 64.3 Å². The number of aliphatic hydroxyl groups is 1. The van der Waals surface area contributed by atoms with Gasteiger partial charge in [0.25, 0.3) is 0 Å². The third-order valence-electron chi connectivity index (χ3n) is 4.46. The van der Waals surface area contributed by atoms with Gasteiger partial charge in [-0.05, 0) is 32.1 Å². The average molecular weight is 253 g/mol. The molecule has 1 aliphatic heterocycles. The molecule has 0 atom stereocenters. The lowest BCUT2D eigenvalue weighted by Crippen LogP contribution is -2.58. The lowest BCUT2D eigenvalue weighted by Gasteiger charge is -2.46. The van der Waals surface area contributed by atoms with Crippen LogP contribution in [0.2, 0.25) is 0 Å². The van der Waals surface area contributed by atoms with Gasteiger partial charge in [0.15, 0.2) is 0 Å². The van der Waals surface area contributed by atoms with E-state index in [-0.39, 0.29) is 23.8 Å². The summed E-state index contributed by atoms with van der Waals surface area (Å²) in [4.78, 5) is 25.8. The van der Waals surface area contributed by atoms with Crippen LogP contribution in [0, 0.1) is 5.41 Å². The van der Waals surface area contributed by atoms with Gasteiger partial charge in [-0.3, -0.25) is 14.5 Å². The van der Waals surface area contributed by atoms with Crippen LogP contribution >= 0.6 is 0 Å². The Labute approximate surface area is 108 Å². The first kappa shape index (κ1) is 13.5. The van der Waals surface area contributed by atoms with Crippen LogP contribution in [0.15, 0.2) is 0 Å². The van der Waals surface area contributed by atoms with E-state index in [0.29, 0.717) is 12.8 Å². The van der Waals surface area contributed by atoms with Crippen LogP contribution in [0.5, 0.6) is 0 Å². The molecular formula is C14H23NO3. The lowest BCUT2D eigenvalue weighted by molar-refractivity contribution is -0.163. The molecule has 0 radical (unpaired) electrons. The summed E-state index contributed by atoms with van der Waals surface area (Å²) in [5, 5.41) is 9.34. The van der Waals surface area contributed by atoms with Crippen molar-refractivity contribution in [1.82, 2.24) is 4.90 Å². The zero-order valence-corrected chi connectivity index (χ0v) is 11.4. The fourth-order valence-corrected chi connectivity index (χ4v) is 3.40. The number of hydrogen-bond acceptors (Lipinski definition) is 3. The topological polar surface area (TPSA) is 57.6 Å². The molecule has 0 bridgehead atoms. The van der Waals surface area contributed by atoms with Crippen molar-refractivity contribution in [3.8, 4) is 0 Å². The van der Waals surface area contributed by atoms with Crippen LogP contribution in [0.3, 0.4) is 0 Å². The Morgan fingerprint density at radius 3 is 2.06 bits per heavy atom. The van der Waals surface area contributed by atoms with Crippen LogP contribution in [0.25, 0.3) is 0 Å². The number of amides is 2. The van der Waals surface area contributed by atoms with Gasteiger partial charge < -0.3 is 5.11 Å². The number of carbonyl (C=O) groups excluding carboxylic acids is 2. The van der Waals surface area contributed by atoms with E-state index in [1.807, 2.05) is 0 Å². The largest absolute Gasteiger partial charge is 0.394 e. The Kier molecular flexibility index (Phi) is 3.49. The molecule has 2 amide bonds. The Bertz CT molecular complexity index is 336. The molecule has 4 heteroatoms. The molecule has 102 valence electrons. The van der Waals surface area contributed by atoms with Crippen LogP contribution < -0.4 is 0 Å². The van der Waals surface area contributed by atoms with Crippen molar-refractivity contribution in [3.63, 3.8) is 0 Å². The van der Waals surface area contributed by atoms with Crippen LogP contribution in [0.4, 0.5) is 0 Å². The van der Waals surface area contributed by atoms with Gasteiger partial charge in [-0.2, -0.15) is 0 Å². The smallest absolute Gasteiger partial charge is 0.230 e. The van der Waals surface area contributed by atoms with Gasteiger partial charge in [-0.25, -0.2) is 0 Å². The van der Waals surface area contributed by atoms with E-state index in [4.69, 9.17) is 0 Å². The Hall–Kier alpha value is -0.900. The molecule has 0 aromatic heterocycles. The Balaban J connectivity index is 2.18. The van der Waals surface area contributed by atoms with E-state index in [1.165, 1.54) is 11.3 Å². The second kappa shape index (κ2) is 4.65. The van der Waals surface area contributed by atoms with Crippen LogP contribution in [-0.4, -0.2) is 34.0 Å². The van der Waals surface area contributed by atoms with Gasteiger partial charge in [0.05, 0.1) is 12.1 Å². The van der Waals surface area contributed by atoms with Crippen molar-refractivity contribution in [1.29, 1.82) is 0 Å². The SMILES string of the molecule is CC(C)(CO)N1C(=O)CC2(CCCCC2)CC1=O. The minimum Gasteiger partial charge on any atom is -0.394 e. The molecule has 1 heterocycles. The second-order valence-electron chi connectivity index (χ2n) is 6.51. The highest BCUT2D eigenvalue weighted by molar-refractivity contribution is 5.99. The number of likely N-dealkylation sites (tertiary alicyclic amines) is 1. The highest BCUT2D eigenvalue weighted by atomic mass is 16.3. The molecule has 1 saturated heterocycles. The average Bonchev–Trinajstić information content (AvgIpc) is 2.28. The zero-order valence-electron chi connectivity index (χ0n) is 11.4. The second-order valence-corrected chi connectivity index (χ2v) is 6.51. The predicted molar refractivity (Wildman–Crippen MR) is 67.8 cm³/mol. The summed E-state index contributed by atoms with van der Waals surface area (Å²) in [6.45, 7) is 3.29. The Morgan fingerprint density at radius 1 is 1.11 bits per heavy atom. The molecule has 0 unspecified atom stereocenters. The molecule has 1 N–H and O–H groups in total. The quantitative estimate of drug-likeness (QED) is 0.764. The normalized spacial score (nSPS) is 24.7. The first-order valence-electron chi connectivity index (χ1n) is 6.87. The van der Waals surface area contributed by atoms with Crippen LogP contribution in [0.1, 0.15) is 58.8 Å². The number of imide groups is 1. The van der Waals surface area contributed by atoms with Gasteiger partial charge in [-0.1, -0.05) is 19.3 Å². The summed E-state index contributed by atoms with van der Waals surface area (Å²) >= 11 is 0. The summed E-state index contributed by atoms with van der Waals surface area (Å²) in [6, 6.07) is 0. The minimum atomic E-state index is -0.773. The van der Waals surface area contributed by atoms with Gasteiger partial charge in [0, 0.05) is 12.8 Å². The van der Waals surface area contributed by atoms with Crippen molar-refractivity contribution < 1.29 is 14.7 Å². The van der Waals surface area contributed by atoms with Gasteiger partial charge in [0.1, 0.15) is 0 Å². The standard InChI is InChI=1S/C14H23NO3/c1-13(2,10-16)15-11(17)8-14(9-12(15)18)6-4-3-5-7-14/h16H,3-10H2,1-2H3. The van der Waals surface area contributed by atoms with Gasteiger partial charge >= 0.3 is 0 Å². The highest BCUT2D eigenvalue weighted by Crippen LogP contribution is 2.46. The Morgan fingerprint density at radius 2 is 1.61 bits per heavy atom. The van der Waals surface area contributed by atoms with E-state index < -0.39 is 5.54 Å². The summed E-state index contributed by atoms with van der Waals surface area (Å²) in [6.07, 6.45) is 6.42. The predicted octanol–water partition coefficient (Wildman–Crippen LogP) is 1.86. The molecule has 0 aromatic rings. The van der Waals surface area contributed by atoms with E-state index in [0.717, 1.165) is 25.7 Å². The molecule has 1 aliphatic carbocycles. The number of rotatable bonds is 2. The molecule has 2 rings (SSSR count). The first-order chi connectivity index (χ1) is 8.40. The maximum atomic E-state index is 12.3. The first-order valence-corrected chi connectivity index (χ1v) is 6.87. The summed E-state index contributed by atoms with van der Waals surface area (Å²) in [5.41, 5.74) is -0.848. The van der Waals surface area contributed by atoms with Gasteiger partial charge in [-0.15, -0.1) is 0 Å². The fraction of sp³-hybridized carbons (Fsp3) is 0.857. The monoisotopic (exact) mass is 253 g/mol. The van der Waals surface area contributed by atoms with Gasteiger partial charge in [0.2, 0.25) is 11.8 Å². The molecule has 4 nitrogen and oxygen atoms in total. The maximum Gasteiger partial charge on any atom is 0.230 e. The fourth-order valence-electron chi connectivity index (χ4n) is 3.40. The highest BCUT2D eigenvalue weighted by Gasteiger charge is 2.47. The number of carbonyl (C=O) groups is 2. The third-order valence-corrected chi connectivity index (χ3v) is 4.46.